The highest BCUT2D eigenvalue weighted by Gasteiger charge is 2.31. The Bertz CT molecular complexity index is 934. The number of ether oxygens (including phenoxy) is 1. The smallest absolute Gasteiger partial charge is 0.342 e. The van der Waals surface area contributed by atoms with Gasteiger partial charge in [0.15, 0.2) is 18.2 Å². The molecule has 0 saturated carbocycles. The number of sulfonamides is 1. The van der Waals surface area contributed by atoms with Gasteiger partial charge in [-0.05, 0) is 24.3 Å². The van der Waals surface area contributed by atoms with Crippen LogP contribution in [0.2, 0.25) is 0 Å². The Labute approximate surface area is 143 Å². The van der Waals surface area contributed by atoms with Crippen LogP contribution in [-0.2, 0) is 19.6 Å². The number of esters is 1. The lowest BCUT2D eigenvalue weighted by molar-refractivity contribution is -0.137. The maximum atomic E-state index is 13.1. The molecule has 0 spiro atoms. The first kappa shape index (κ1) is 17.0. The summed E-state index contributed by atoms with van der Waals surface area (Å²) in [6.45, 7) is -0.423. The molecule has 3 rings (SSSR count). The molecule has 9 heteroatoms. The Morgan fingerprint density at radius 1 is 1.32 bits per heavy atom. The van der Waals surface area contributed by atoms with Crippen LogP contribution in [0.25, 0.3) is 0 Å². The van der Waals surface area contributed by atoms with Crippen LogP contribution in [-0.4, -0.2) is 49.8 Å². The summed E-state index contributed by atoms with van der Waals surface area (Å²) in [6.07, 6.45) is 4.52. The molecule has 0 aromatic heterocycles. The summed E-state index contributed by atoms with van der Waals surface area (Å²) in [7, 11) is -3.64. The molecule has 0 fully saturated rings. The van der Waals surface area contributed by atoms with E-state index >= 15 is 0 Å². The van der Waals surface area contributed by atoms with E-state index in [4.69, 9.17) is 4.74 Å². The zero-order valence-electron chi connectivity index (χ0n) is 12.9. The maximum Gasteiger partial charge on any atom is 0.342 e. The SMILES string of the molecule is O=C(OCC(=O)c1cccc(F)c1)C1=CC=CN2CCS(=O)(=O)N=C12. The quantitative estimate of drug-likeness (QED) is 0.586. The third kappa shape index (κ3) is 3.82. The Hall–Kier alpha value is -2.81. The zero-order valence-corrected chi connectivity index (χ0v) is 13.7. The number of halogens is 1. The predicted octanol–water partition coefficient (Wildman–Crippen LogP) is 1.05. The fourth-order valence-electron chi connectivity index (χ4n) is 2.33. The first-order valence-electron chi connectivity index (χ1n) is 7.30. The lowest BCUT2D eigenvalue weighted by atomic mass is 10.1. The van der Waals surface area contributed by atoms with Crippen molar-refractivity contribution in [2.75, 3.05) is 18.9 Å². The number of carbonyl (C=O) groups excluding carboxylic acids is 2. The first-order valence-corrected chi connectivity index (χ1v) is 8.91. The molecule has 2 heterocycles. The van der Waals surface area contributed by atoms with E-state index in [1.165, 1.54) is 29.2 Å². The molecule has 0 atom stereocenters. The van der Waals surface area contributed by atoms with Crippen molar-refractivity contribution in [3.05, 3.63) is 59.6 Å². The van der Waals surface area contributed by atoms with E-state index in [0.29, 0.717) is 0 Å². The van der Waals surface area contributed by atoms with Crippen LogP contribution >= 0.6 is 0 Å². The van der Waals surface area contributed by atoms with Gasteiger partial charge in [0.05, 0.1) is 5.75 Å². The predicted molar refractivity (Wildman–Crippen MR) is 86.8 cm³/mol. The normalized spacial score (nSPS) is 18.0. The first-order chi connectivity index (χ1) is 11.9. The van der Waals surface area contributed by atoms with Gasteiger partial charge in [0.2, 0.25) is 0 Å². The van der Waals surface area contributed by atoms with Gasteiger partial charge in [-0.3, -0.25) is 4.79 Å². The van der Waals surface area contributed by atoms with Gasteiger partial charge in [0.25, 0.3) is 10.0 Å². The average molecular weight is 364 g/mol. The molecule has 0 radical (unpaired) electrons. The third-order valence-electron chi connectivity index (χ3n) is 3.56. The summed E-state index contributed by atoms with van der Waals surface area (Å²) in [5.74, 6) is -2.21. The second-order valence-electron chi connectivity index (χ2n) is 5.33. The van der Waals surface area contributed by atoms with Crippen molar-refractivity contribution in [1.82, 2.24) is 4.90 Å². The number of fused-ring (bicyclic) bond motifs is 1. The molecule has 0 aliphatic carbocycles. The third-order valence-corrected chi connectivity index (χ3v) is 4.71. The number of carbonyl (C=O) groups is 2. The van der Waals surface area contributed by atoms with Gasteiger partial charge in [-0.1, -0.05) is 12.1 Å². The number of benzene rings is 1. The number of nitrogens with zero attached hydrogens (tertiary/aromatic N) is 2. The molecule has 2 aliphatic heterocycles. The number of ketones is 1. The van der Waals surface area contributed by atoms with Gasteiger partial charge < -0.3 is 9.64 Å². The molecular weight excluding hydrogens is 351 g/mol. The lowest BCUT2D eigenvalue weighted by Crippen LogP contribution is -2.40. The number of allylic oxidation sites excluding steroid dienone is 2. The van der Waals surface area contributed by atoms with Crippen LogP contribution in [0.3, 0.4) is 0 Å². The summed E-state index contributed by atoms with van der Waals surface area (Å²) >= 11 is 0. The highest BCUT2D eigenvalue weighted by atomic mass is 32.2. The largest absolute Gasteiger partial charge is 0.454 e. The van der Waals surface area contributed by atoms with Gasteiger partial charge in [-0.15, -0.1) is 4.40 Å². The van der Waals surface area contributed by atoms with Crippen LogP contribution < -0.4 is 0 Å². The van der Waals surface area contributed by atoms with E-state index in [-0.39, 0.29) is 29.3 Å². The molecule has 1 aromatic rings. The van der Waals surface area contributed by atoms with Crippen molar-refractivity contribution in [2.24, 2.45) is 4.40 Å². The molecule has 0 N–H and O–H groups in total. The molecule has 1 aromatic carbocycles. The lowest BCUT2D eigenvalue weighted by Gasteiger charge is -2.28. The summed E-state index contributed by atoms with van der Waals surface area (Å²) < 4.78 is 45.0. The molecule has 25 heavy (non-hydrogen) atoms. The average Bonchev–Trinajstić information content (AvgIpc) is 2.58. The number of Topliss-reactive ketones (excluding diaryl/α,β-unsaturated/α-hetero) is 1. The molecule has 0 bridgehead atoms. The molecule has 0 unspecified atom stereocenters. The number of rotatable bonds is 4. The molecule has 0 saturated heterocycles. The minimum Gasteiger partial charge on any atom is -0.454 e. The molecule has 2 aliphatic rings. The van der Waals surface area contributed by atoms with Crippen LogP contribution in [0.4, 0.5) is 4.39 Å². The Morgan fingerprint density at radius 3 is 2.88 bits per heavy atom. The van der Waals surface area contributed by atoms with Crippen molar-refractivity contribution in [3.63, 3.8) is 0 Å². The van der Waals surface area contributed by atoms with Gasteiger partial charge in [-0.2, -0.15) is 0 Å². The van der Waals surface area contributed by atoms with E-state index < -0.39 is 34.2 Å². The monoisotopic (exact) mass is 364 g/mol. The van der Waals surface area contributed by atoms with E-state index in [2.05, 4.69) is 4.40 Å². The summed E-state index contributed by atoms with van der Waals surface area (Å²) in [4.78, 5) is 25.7. The zero-order chi connectivity index (χ0) is 18.0. The number of hydrogen-bond donors (Lipinski definition) is 0. The van der Waals surface area contributed by atoms with Crippen LogP contribution in [0, 0.1) is 5.82 Å². The number of amidine groups is 1. The molecule has 0 amide bonds. The van der Waals surface area contributed by atoms with E-state index in [1.807, 2.05) is 0 Å². The molecular formula is C16H13FN2O5S. The van der Waals surface area contributed by atoms with Crippen molar-refractivity contribution < 1.29 is 27.1 Å². The fourth-order valence-corrected chi connectivity index (χ4v) is 3.31. The Morgan fingerprint density at radius 2 is 2.12 bits per heavy atom. The van der Waals surface area contributed by atoms with Crippen molar-refractivity contribution in [1.29, 1.82) is 0 Å². The highest BCUT2D eigenvalue weighted by Crippen LogP contribution is 2.18. The van der Waals surface area contributed by atoms with Crippen molar-refractivity contribution in [3.8, 4) is 0 Å². The minimum absolute atomic E-state index is 0.0306. The van der Waals surface area contributed by atoms with Gasteiger partial charge in [0, 0.05) is 18.3 Å². The summed E-state index contributed by atoms with van der Waals surface area (Å²) in [5.41, 5.74) is 0.0161. The maximum absolute atomic E-state index is 13.1. The summed E-state index contributed by atoms with van der Waals surface area (Å²) in [5, 5.41) is 0. The van der Waals surface area contributed by atoms with E-state index in [9.17, 15) is 22.4 Å². The Balaban J connectivity index is 1.73. The van der Waals surface area contributed by atoms with Crippen LogP contribution in [0.15, 0.2) is 52.6 Å². The molecule has 7 nitrogen and oxygen atoms in total. The van der Waals surface area contributed by atoms with Crippen molar-refractivity contribution in [2.45, 2.75) is 0 Å². The summed E-state index contributed by atoms with van der Waals surface area (Å²) in [6, 6.07) is 5.01. The van der Waals surface area contributed by atoms with Gasteiger partial charge >= 0.3 is 5.97 Å². The standard InChI is InChI=1S/C16H13FN2O5S/c17-12-4-1-3-11(9-12)14(20)10-24-16(21)13-5-2-6-19-7-8-25(22,23)18-15(13)19/h1-6,9H,7-8,10H2. The van der Waals surface area contributed by atoms with E-state index in [1.54, 1.807) is 12.3 Å². The van der Waals surface area contributed by atoms with Gasteiger partial charge in [-0.25, -0.2) is 17.6 Å². The van der Waals surface area contributed by atoms with Gasteiger partial charge in [0.1, 0.15) is 11.4 Å². The van der Waals surface area contributed by atoms with E-state index in [0.717, 1.165) is 6.07 Å². The Kier molecular flexibility index (Phi) is 4.49. The van der Waals surface area contributed by atoms with Crippen LogP contribution in [0.5, 0.6) is 0 Å². The highest BCUT2D eigenvalue weighted by molar-refractivity contribution is 7.90. The minimum atomic E-state index is -3.64. The second-order valence-corrected chi connectivity index (χ2v) is 7.08. The van der Waals surface area contributed by atoms with Crippen molar-refractivity contribution >= 4 is 27.6 Å². The number of hydrogen-bond acceptors (Lipinski definition) is 6. The second kappa shape index (κ2) is 6.60. The van der Waals surface area contributed by atoms with Crippen LogP contribution in [0.1, 0.15) is 10.4 Å². The fraction of sp³-hybridized carbons (Fsp3) is 0.188. The molecule has 130 valence electrons. The topological polar surface area (TPSA) is 93.1 Å².